The van der Waals surface area contributed by atoms with Crippen LogP contribution < -0.4 is 14.4 Å². The van der Waals surface area contributed by atoms with E-state index in [-0.39, 0.29) is 18.9 Å². The molecule has 0 aliphatic carbocycles. The molecule has 150 valence electrons. The van der Waals surface area contributed by atoms with Crippen LogP contribution in [0.2, 0.25) is 0 Å². The van der Waals surface area contributed by atoms with Gasteiger partial charge in [-0.2, -0.15) is 0 Å². The quantitative estimate of drug-likeness (QED) is 0.380. The fraction of sp³-hybridized carbons (Fsp3) is 0.190. The summed E-state index contributed by atoms with van der Waals surface area (Å²) in [4.78, 5) is 25.4. The van der Waals surface area contributed by atoms with Gasteiger partial charge >= 0.3 is 5.97 Å². The third-order valence-electron chi connectivity index (χ3n) is 4.09. The Morgan fingerprint density at radius 3 is 2.66 bits per heavy atom. The summed E-state index contributed by atoms with van der Waals surface area (Å²) in [6.45, 7) is 0.276. The maximum absolute atomic E-state index is 12.8. The standard InChI is InChI=1S/C21H19NO5S2/c1-26-17-12-14(9-10-16(17)27-11-5-8-19(23)24)13-18-20(25)22(21(28)29-18)15-6-3-2-4-7-15/h2-4,6-7,9-10,12-13H,5,8,11H2,1H3,(H,23,24)/b18-13+. The van der Waals surface area contributed by atoms with Crippen LogP contribution in [-0.2, 0) is 9.59 Å². The van der Waals surface area contributed by atoms with Crippen LogP contribution in [0.1, 0.15) is 18.4 Å². The van der Waals surface area contributed by atoms with Gasteiger partial charge in [0.05, 0.1) is 24.3 Å². The maximum Gasteiger partial charge on any atom is 0.303 e. The number of hydrogen-bond donors (Lipinski definition) is 1. The molecule has 1 N–H and O–H groups in total. The SMILES string of the molecule is COc1cc(/C=C2/SC(=S)N(c3ccccc3)C2=O)ccc1OCCCC(=O)O. The van der Waals surface area contributed by atoms with Crippen LogP contribution >= 0.6 is 24.0 Å². The number of carboxylic acid groups (broad SMARTS) is 1. The van der Waals surface area contributed by atoms with Crippen molar-refractivity contribution in [3.63, 3.8) is 0 Å². The Labute approximate surface area is 178 Å². The van der Waals surface area contributed by atoms with Crippen molar-refractivity contribution >= 4 is 51.9 Å². The summed E-state index contributed by atoms with van der Waals surface area (Å²) >= 11 is 6.63. The Morgan fingerprint density at radius 1 is 1.21 bits per heavy atom. The summed E-state index contributed by atoms with van der Waals surface area (Å²) in [6, 6.07) is 14.6. The molecular weight excluding hydrogens is 410 g/mol. The molecule has 0 radical (unpaired) electrons. The number of carbonyl (C=O) groups excluding carboxylic acids is 1. The number of ether oxygens (including phenoxy) is 2. The fourth-order valence-electron chi connectivity index (χ4n) is 2.72. The van der Waals surface area contributed by atoms with Crippen LogP contribution in [0.15, 0.2) is 53.4 Å². The Balaban J connectivity index is 1.75. The second kappa shape index (κ2) is 9.58. The number of para-hydroxylation sites is 1. The van der Waals surface area contributed by atoms with Gasteiger partial charge in [-0.1, -0.05) is 48.2 Å². The number of nitrogens with zero attached hydrogens (tertiary/aromatic N) is 1. The molecule has 2 aromatic rings. The van der Waals surface area contributed by atoms with Gasteiger partial charge in [0.15, 0.2) is 15.8 Å². The predicted molar refractivity (Wildman–Crippen MR) is 117 cm³/mol. The monoisotopic (exact) mass is 429 g/mol. The molecule has 6 nitrogen and oxygen atoms in total. The number of rotatable bonds is 8. The number of hydrogen-bond acceptors (Lipinski definition) is 6. The Morgan fingerprint density at radius 2 is 1.97 bits per heavy atom. The van der Waals surface area contributed by atoms with E-state index in [9.17, 15) is 9.59 Å². The lowest BCUT2D eigenvalue weighted by Gasteiger charge is -2.13. The van der Waals surface area contributed by atoms with Gasteiger partial charge in [0, 0.05) is 6.42 Å². The van der Waals surface area contributed by atoms with Gasteiger partial charge < -0.3 is 14.6 Å². The third-order valence-corrected chi connectivity index (χ3v) is 5.39. The average molecular weight is 430 g/mol. The van der Waals surface area contributed by atoms with E-state index in [1.54, 1.807) is 18.2 Å². The van der Waals surface area contributed by atoms with Crippen LogP contribution in [0.25, 0.3) is 6.08 Å². The average Bonchev–Trinajstić information content (AvgIpc) is 2.99. The first kappa shape index (κ1) is 20.9. The van der Waals surface area contributed by atoms with E-state index >= 15 is 0 Å². The molecule has 0 unspecified atom stereocenters. The molecule has 1 saturated heterocycles. The van der Waals surface area contributed by atoms with E-state index in [0.717, 1.165) is 11.3 Å². The molecule has 1 aliphatic heterocycles. The van der Waals surface area contributed by atoms with Gasteiger partial charge in [0.2, 0.25) is 0 Å². The number of aliphatic carboxylic acids is 1. The summed E-state index contributed by atoms with van der Waals surface area (Å²) in [7, 11) is 1.53. The summed E-state index contributed by atoms with van der Waals surface area (Å²) < 4.78 is 11.5. The number of anilines is 1. The zero-order chi connectivity index (χ0) is 20.8. The van der Waals surface area contributed by atoms with Crippen LogP contribution in [0.3, 0.4) is 0 Å². The van der Waals surface area contributed by atoms with Gasteiger partial charge in [-0.25, -0.2) is 0 Å². The van der Waals surface area contributed by atoms with Crippen molar-refractivity contribution in [2.45, 2.75) is 12.8 Å². The van der Waals surface area contributed by atoms with Gasteiger partial charge in [-0.3, -0.25) is 14.5 Å². The highest BCUT2D eigenvalue weighted by Crippen LogP contribution is 2.37. The minimum atomic E-state index is -0.858. The molecule has 0 saturated carbocycles. The van der Waals surface area contributed by atoms with Crippen molar-refractivity contribution in [2.24, 2.45) is 0 Å². The second-order valence-electron chi connectivity index (χ2n) is 6.11. The van der Waals surface area contributed by atoms with Gasteiger partial charge in [-0.05, 0) is 42.3 Å². The Hall–Kier alpha value is -2.84. The summed E-state index contributed by atoms with van der Waals surface area (Å²) in [5.41, 5.74) is 1.51. The van der Waals surface area contributed by atoms with Crippen molar-refractivity contribution < 1.29 is 24.2 Å². The molecule has 1 fully saturated rings. The highest BCUT2D eigenvalue weighted by molar-refractivity contribution is 8.27. The molecule has 1 aliphatic rings. The van der Waals surface area contributed by atoms with Crippen LogP contribution in [0, 0.1) is 0 Å². The normalized spacial score (nSPS) is 15.1. The number of thiocarbonyl (C=S) groups is 1. The molecule has 29 heavy (non-hydrogen) atoms. The Kier molecular flexibility index (Phi) is 6.90. The van der Waals surface area contributed by atoms with Crippen molar-refractivity contribution in [3.05, 3.63) is 59.0 Å². The van der Waals surface area contributed by atoms with Crippen molar-refractivity contribution in [2.75, 3.05) is 18.6 Å². The molecule has 1 heterocycles. The molecule has 1 amide bonds. The van der Waals surface area contributed by atoms with E-state index < -0.39 is 5.97 Å². The first-order chi connectivity index (χ1) is 14.0. The Bertz CT molecular complexity index is 959. The van der Waals surface area contributed by atoms with Crippen molar-refractivity contribution in [1.29, 1.82) is 0 Å². The number of carbonyl (C=O) groups is 2. The topological polar surface area (TPSA) is 76.1 Å². The van der Waals surface area contributed by atoms with Crippen molar-refractivity contribution in [3.8, 4) is 11.5 Å². The van der Waals surface area contributed by atoms with Crippen LogP contribution in [0.4, 0.5) is 5.69 Å². The number of methoxy groups -OCH3 is 1. The third kappa shape index (κ3) is 5.16. The highest BCUT2D eigenvalue weighted by atomic mass is 32.2. The largest absolute Gasteiger partial charge is 0.493 e. The number of carboxylic acids is 1. The van der Waals surface area contributed by atoms with E-state index in [1.165, 1.54) is 23.8 Å². The van der Waals surface area contributed by atoms with Crippen LogP contribution in [0.5, 0.6) is 11.5 Å². The lowest BCUT2D eigenvalue weighted by Crippen LogP contribution is -2.27. The summed E-state index contributed by atoms with van der Waals surface area (Å²) in [6.07, 6.45) is 2.21. The minimum Gasteiger partial charge on any atom is -0.493 e. The summed E-state index contributed by atoms with van der Waals surface area (Å²) in [5, 5.41) is 8.69. The lowest BCUT2D eigenvalue weighted by molar-refractivity contribution is -0.137. The highest BCUT2D eigenvalue weighted by Gasteiger charge is 2.33. The molecule has 3 rings (SSSR count). The zero-order valence-electron chi connectivity index (χ0n) is 15.7. The first-order valence-electron chi connectivity index (χ1n) is 8.85. The molecule has 8 heteroatoms. The fourth-order valence-corrected chi connectivity index (χ4v) is 4.02. The van der Waals surface area contributed by atoms with E-state index in [4.69, 9.17) is 26.8 Å². The summed E-state index contributed by atoms with van der Waals surface area (Å²) in [5.74, 6) is 0.00220. The zero-order valence-corrected chi connectivity index (χ0v) is 17.3. The molecule has 2 aromatic carbocycles. The smallest absolute Gasteiger partial charge is 0.303 e. The first-order valence-corrected chi connectivity index (χ1v) is 10.1. The van der Waals surface area contributed by atoms with E-state index in [0.29, 0.717) is 27.1 Å². The predicted octanol–water partition coefficient (Wildman–Crippen LogP) is 4.34. The molecule has 0 bridgehead atoms. The molecule has 0 spiro atoms. The van der Waals surface area contributed by atoms with E-state index in [2.05, 4.69) is 0 Å². The van der Waals surface area contributed by atoms with Gasteiger partial charge in [-0.15, -0.1) is 0 Å². The van der Waals surface area contributed by atoms with E-state index in [1.807, 2.05) is 36.4 Å². The van der Waals surface area contributed by atoms with Crippen molar-refractivity contribution in [1.82, 2.24) is 0 Å². The van der Waals surface area contributed by atoms with Gasteiger partial charge in [0.1, 0.15) is 0 Å². The van der Waals surface area contributed by atoms with Gasteiger partial charge in [0.25, 0.3) is 5.91 Å². The molecule has 0 atom stereocenters. The molecular formula is C21H19NO5S2. The van der Waals surface area contributed by atoms with Crippen LogP contribution in [-0.4, -0.2) is 35.0 Å². The molecule has 0 aromatic heterocycles. The lowest BCUT2D eigenvalue weighted by atomic mass is 10.1. The number of benzene rings is 2. The number of amides is 1. The second-order valence-corrected chi connectivity index (χ2v) is 7.78. The number of thioether (sulfide) groups is 1. The minimum absolute atomic E-state index is 0.0453. The maximum atomic E-state index is 12.8.